The Morgan fingerprint density at radius 1 is 1.04 bits per heavy atom. The quantitative estimate of drug-likeness (QED) is 0.811. The maximum Gasteiger partial charge on any atom is 0.297 e. The van der Waals surface area contributed by atoms with Crippen LogP contribution in [0.15, 0.2) is 53.5 Å². The van der Waals surface area contributed by atoms with Crippen LogP contribution in [0.25, 0.3) is 0 Å². The minimum atomic E-state index is -2.97. The maximum atomic E-state index is 14.8. The zero-order chi connectivity index (χ0) is 16.9. The van der Waals surface area contributed by atoms with E-state index in [0.717, 1.165) is 17.8 Å². The molecule has 1 unspecified atom stereocenters. The molecule has 0 fully saturated rings. The SMILES string of the molecule is CC1(C)N=C(C2CNc3ccccc3C2)c2ccccc2C1(F)F. The van der Waals surface area contributed by atoms with Crippen LogP contribution < -0.4 is 5.32 Å². The second-order valence-corrected chi connectivity index (χ2v) is 7.12. The number of hydrogen-bond donors (Lipinski definition) is 1. The minimum absolute atomic E-state index is 0.0939. The summed E-state index contributed by atoms with van der Waals surface area (Å²) in [6, 6.07) is 15.0. The third-order valence-electron chi connectivity index (χ3n) is 5.12. The Labute approximate surface area is 140 Å². The third kappa shape index (κ3) is 2.16. The van der Waals surface area contributed by atoms with Crippen molar-refractivity contribution in [3.05, 3.63) is 65.2 Å². The number of para-hydroxylation sites is 1. The lowest BCUT2D eigenvalue weighted by molar-refractivity contribution is -0.0685. The first kappa shape index (κ1) is 15.3. The van der Waals surface area contributed by atoms with E-state index in [-0.39, 0.29) is 11.5 Å². The van der Waals surface area contributed by atoms with Crippen molar-refractivity contribution in [2.24, 2.45) is 10.9 Å². The lowest BCUT2D eigenvalue weighted by Gasteiger charge is -2.39. The molecule has 0 saturated carbocycles. The van der Waals surface area contributed by atoms with Crippen molar-refractivity contribution < 1.29 is 8.78 Å². The zero-order valence-electron chi connectivity index (χ0n) is 13.8. The summed E-state index contributed by atoms with van der Waals surface area (Å²) in [5.41, 5.74) is 2.38. The van der Waals surface area contributed by atoms with E-state index in [2.05, 4.69) is 22.4 Å². The molecule has 1 atom stereocenters. The molecular weight excluding hydrogens is 306 g/mol. The van der Waals surface area contributed by atoms with Crippen molar-refractivity contribution in [2.75, 3.05) is 11.9 Å². The molecule has 2 heterocycles. The summed E-state index contributed by atoms with van der Waals surface area (Å²) in [6.45, 7) is 3.76. The average Bonchev–Trinajstić information content (AvgIpc) is 2.58. The third-order valence-corrected chi connectivity index (χ3v) is 5.12. The van der Waals surface area contributed by atoms with Crippen LogP contribution in [0.3, 0.4) is 0 Å². The van der Waals surface area contributed by atoms with E-state index < -0.39 is 11.5 Å². The van der Waals surface area contributed by atoms with Gasteiger partial charge in [0, 0.05) is 35.0 Å². The molecule has 2 nitrogen and oxygen atoms in total. The highest BCUT2D eigenvalue weighted by Gasteiger charge is 2.53. The van der Waals surface area contributed by atoms with Crippen molar-refractivity contribution in [3.8, 4) is 0 Å². The fraction of sp³-hybridized carbons (Fsp3) is 0.350. The van der Waals surface area contributed by atoms with Gasteiger partial charge in [0.15, 0.2) is 0 Å². The summed E-state index contributed by atoms with van der Waals surface area (Å²) in [5.74, 6) is -2.87. The molecule has 2 aliphatic heterocycles. The Morgan fingerprint density at radius 3 is 2.58 bits per heavy atom. The average molecular weight is 326 g/mol. The number of anilines is 1. The topological polar surface area (TPSA) is 24.4 Å². The molecule has 0 amide bonds. The second-order valence-electron chi connectivity index (χ2n) is 7.12. The van der Waals surface area contributed by atoms with Gasteiger partial charge in [0.25, 0.3) is 5.92 Å². The van der Waals surface area contributed by atoms with Gasteiger partial charge in [-0.25, -0.2) is 0 Å². The Morgan fingerprint density at radius 2 is 1.75 bits per heavy atom. The Hall–Kier alpha value is -2.23. The van der Waals surface area contributed by atoms with Crippen LogP contribution in [-0.4, -0.2) is 17.8 Å². The first-order chi connectivity index (χ1) is 11.4. The second kappa shape index (κ2) is 5.13. The highest BCUT2D eigenvalue weighted by Crippen LogP contribution is 2.47. The normalized spacial score (nSPS) is 23.5. The maximum absolute atomic E-state index is 14.8. The van der Waals surface area contributed by atoms with Crippen LogP contribution >= 0.6 is 0 Å². The number of fused-ring (bicyclic) bond motifs is 2. The largest absolute Gasteiger partial charge is 0.384 e. The van der Waals surface area contributed by atoms with Gasteiger partial charge in [-0.3, -0.25) is 4.99 Å². The van der Waals surface area contributed by atoms with Crippen LogP contribution in [-0.2, 0) is 12.3 Å². The monoisotopic (exact) mass is 326 g/mol. The molecule has 0 aromatic heterocycles. The van der Waals surface area contributed by atoms with Gasteiger partial charge in [0.1, 0.15) is 5.54 Å². The summed E-state index contributed by atoms with van der Waals surface area (Å²) in [4.78, 5) is 4.53. The number of rotatable bonds is 1. The van der Waals surface area contributed by atoms with Gasteiger partial charge in [-0.1, -0.05) is 42.5 Å². The van der Waals surface area contributed by atoms with Crippen LogP contribution in [0.1, 0.15) is 30.5 Å². The summed E-state index contributed by atoms with van der Waals surface area (Å²) < 4.78 is 29.7. The molecule has 1 N–H and O–H groups in total. The number of nitrogens with zero attached hydrogens (tertiary/aromatic N) is 1. The van der Waals surface area contributed by atoms with Crippen molar-refractivity contribution in [2.45, 2.75) is 31.7 Å². The molecule has 4 rings (SSSR count). The number of benzene rings is 2. The Bertz CT molecular complexity index is 824. The highest BCUT2D eigenvalue weighted by atomic mass is 19.3. The van der Waals surface area contributed by atoms with E-state index in [1.165, 1.54) is 25.5 Å². The van der Waals surface area contributed by atoms with E-state index in [9.17, 15) is 8.78 Å². The molecule has 24 heavy (non-hydrogen) atoms. The highest BCUT2D eigenvalue weighted by molar-refractivity contribution is 6.05. The lowest BCUT2D eigenvalue weighted by atomic mass is 9.78. The van der Waals surface area contributed by atoms with Gasteiger partial charge in [-0.2, -0.15) is 8.78 Å². The lowest BCUT2D eigenvalue weighted by Crippen LogP contribution is -2.46. The van der Waals surface area contributed by atoms with Gasteiger partial charge >= 0.3 is 0 Å². The molecular formula is C20H20F2N2. The van der Waals surface area contributed by atoms with Crippen LogP contribution in [0.4, 0.5) is 14.5 Å². The smallest absolute Gasteiger partial charge is 0.297 e. The van der Waals surface area contributed by atoms with Gasteiger partial charge in [-0.05, 0) is 31.9 Å². The van der Waals surface area contributed by atoms with E-state index in [1.54, 1.807) is 12.1 Å². The Kier molecular flexibility index (Phi) is 3.27. The van der Waals surface area contributed by atoms with E-state index in [4.69, 9.17) is 0 Å². The van der Waals surface area contributed by atoms with Crippen LogP contribution in [0.2, 0.25) is 0 Å². The number of alkyl halides is 2. The van der Waals surface area contributed by atoms with Crippen molar-refractivity contribution >= 4 is 11.4 Å². The predicted octanol–water partition coefficient (Wildman–Crippen LogP) is 4.64. The fourth-order valence-electron chi connectivity index (χ4n) is 3.69. The Balaban J connectivity index is 1.80. The predicted molar refractivity (Wildman–Crippen MR) is 93.1 cm³/mol. The molecule has 4 heteroatoms. The number of halogens is 2. The standard InChI is InChI=1S/C20H20F2N2/c1-19(2)20(21,22)16-9-5-4-8-15(16)18(24-19)14-11-13-7-3-6-10-17(13)23-12-14/h3-10,14,23H,11-12H2,1-2H3. The van der Waals surface area contributed by atoms with E-state index in [0.29, 0.717) is 12.1 Å². The van der Waals surface area contributed by atoms with E-state index >= 15 is 0 Å². The molecule has 2 aliphatic rings. The van der Waals surface area contributed by atoms with Gasteiger partial charge in [-0.15, -0.1) is 0 Å². The summed E-state index contributed by atoms with van der Waals surface area (Å²) in [6.07, 6.45) is 0.817. The minimum Gasteiger partial charge on any atom is -0.384 e. The molecule has 0 radical (unpaired) electrons. The zero-order valence-corrected chi connectivity index (χ0v) is 13.8. The summed E-state index contributed by atoms with van der Waals surface area (Å²) in [5, 5.41) is 3.42. The van der Waals surface area contributed by atoms with Crippen molar-refractivity contribution in [1.82, 2.24) is 0 Å². The van der Waals surface area contributed by atoms with E-state index in [1.807, 2.05) is 18.2 Å². The van der Waals surface area contributed by atoms with Crippen molar-refractivity contribution in [1.29, 1.82) is 0 Å². The molecule has 0 saturated heterocycles. The number of aliphatic imine (C=N–C) groups is 1. The first-order valence-corrected chi connectivity index (χ1v) is 8.29. The number of hydrogen-bond acceptors (Lipinski definition) is 2. The molecule has 0 bridgehead atoms. The molecule has 0 aliphatic carbocycles. The van der Waals surface area contributed by atoms with Gasteiger partial charge in [0.05, 0.1) is 0 Å². The number of nitrogens with one attached hydrogen (secondary N) is 1. The molecule has 124 valence electrons. The summed E-state index contributed by atoms with van der Waals surface area (Å²) >= 11 is 0. The van der Waals surface area contributed by atoms with Crippen LogP contribution in [0.5, 0.6) is 0 Å². The molecule has 2 aromatic rings. The fourth-order valence-corrected chi connectivity index (χ4v) is 3.69. The first-order valence-electron chi connectivity index (χ1n) is 8.29. The molecule has 0 spiro atoms. The van der Waals surface area contributed by atoms with Crippen LogP contribution in [0, 0.1) is 5.92 Å². The van der Waals surface area contributed by atoms with Gasteiger partial charge in [0.2, 0.25) is 0 Å². The molecule has 2 aromatic carbocycles. The van der Waals surface area contributed by atoms with Crippen molar-refractivity contribution in [3.63, 3.8) is 0 Å². The van der Waals surface area contributed by atoms with Gasteiger partial charge < -0.3 is 5.32 Å². The summed E-state index contributed by atoms with van der Waals surface area (Å²) in [7, 11) is 0.